The Morgan fingerprint density at radius 3 is 2.43 bits per heavy atom. The fourth-order valence-corrected chi connectivity index (χ4v) is 1.93. The first kappa shape index (κ1) is 17.1. The molecular formula is C15H21NO5. The van der Waals surface area contributed by atoms with Gasteiger partial charge in [-0.05, 0) is 38.1 Å². The number of carbonyl (C=O) groups excluding carboxylic acids is 2. The fourth-order valence-electron chi connectivity index (χ4n) is 1.93. The number of benzene rings is 1. The van der Waals surface area contributed by atoms with E-state index in [9.17, 15) is 19.8 Å². The van der Waals surface area contributed by atoms with Gasteiger partial charge in [-0.2, -0.15) is 0 Å². The lowest BCUT2D eigenvalue weighted by molar-refractivity contribution is -0.688. The van der Waals surface area contributed by atoms with E-state index in [1.54, 1.807) is 24.3 Å². The van der Waals surface area contributed by atoms with Crippen LogP contribution in [-0.4, -0.2) is 42.2 Å². The Hall–Kier alpha value is -1.92. The summed E-state index contributed by atoms with van der Waals surface area (Å²) < 4.78 is 5.29. The Labute approximate surface area is 123 Å². The molecule has 6 nitrogen and oxygen atoms in total. The van der Waals surface area contributed by atoms with Crippen molar-refractivity contribution in [3.05, 3.63) is 29.8 Å². The Kier molecular flexibility index (Phi) is 6.84. The zero-order valence-corrected chi connectivity index (χ0v) is 12.2. The summed E-state index contributed by atoms with van der Waals surface area (Å²) in [6.45, 7) is 4.10. The third-order valence-electron chi connectivity index (χ3n) is 3.07. The summed E-state index contributed by atoms with van der Waals surface area (Å²) in [6, 6.07) is 5.75. The monoisotopic (exact) mass is 295 g/mol. The first-order valence-corrected chi connectivity index (χ1v) is 6.94. The van der Waals surface area contributed by atoms with E-state index in [4.69, 9.17) is 4.74 Å². The Balaban J connectivity index is 2.48. The van der Waals surface area contributed by atoms with Gasteiger partial charge in [0.15, 0.2) is 11.8 Å². The summed E-state index contributed by atoms with van der Waals surface area (Å²) in [6.07, 6.45) is -0.847. The smallest absolute Gasteiger partial charge is 0.168 e. The van der Waals surface area contributed by atoms with Gasteiger partial charge in [0.05, 0.1) is 19.6 Å². The molecule has 0 saturated carbocycles. The zero-order chi connectivity index (χ0) is 15.8. The summed E-state index contributed by atoms with van der Waals surface area (Å²) in [7, 11) is 0. The molecule has 21 heavy (non-hydrogen) atoms. The van der Waals surface area contributed by atoms with Crippen molar-refractivity contribution in [3.63, 3.8) is 0 Å². The Morgan fingerprint density at radius 1 is 1.33 bits per heavy atom. The Morgan fingerprint density at radius 2 is 1.95 bits per heavy atom. The fraction of sp³-hybridized carbons (Fsp3) is 0.467. The maximum absolute atomic E-state index is 11.9. The van der Waals surface area contributed by atoms with Gasteiger partial charge >= 0.3 is 0 Å². The third-order valence-corrected chi connectivity index (χ3v) is 3.07. The number of carbonyl (C=O) groups is 2. The molecule has 0 bridgehead atoms. The van der Waals surface area contributed by atoms with Crippen molar-refractivity contribution < 1.29 is 29.9 Å². The molecule has 0 radical (unpaired) electrons. The van der Waals surface area contributed by atoms with E-state index in [0.717, 1.165) is 0 Å². The predicted octanol–water partition coefficient (Wildman–Crippen LogP) is -1.28. The zero-order valence-electron chi connectivity index (χ0n) is 12.2. The van der Waals surface area contributed by atoms with Crippen LogP contribution in [0.3, 0.4) is 0 Å². The number of ketones is 1. The predicted molar refractivity (Wildman–Crippen MR) is 73.8 cm³/mol. The number of ether oxygens (including phenoxy) is 1. The van der Waals surface area contributed by atoms with E-state index in [1.807, 2.05) is 6.92 Å². The van der Waals surface area contributed by atoms with Gasteiger partial charge in [-0.1, -0.05) is 0 Å². The summed E-state index contributed by atoms with van der Waals surface area (Å²) in [5.74, 6) is -0.720. The second-order valence-electron chi connectivity index (χ2n) is 4.74. The minimum absolute atomic E-state index is 0.0861. The van der Waals surface area contributed by atoms with Crippen molar-refractivity contribution in [2.75, 3.05) is 13.2 Å². The van der Waals surface area contributed by atoms with E-state index < -0.39 is 18.1 Å². The molecule has 116 valence electrons. The number of aliphatic hydroxyl groups excluding tert-OH is 1. The normalized spacial score (nSPS) is 13.5. The quantitative estimate of drug-likeness (QED) is 0.552. The van der Waals surface area contributed by atoms with Crippen LogP contribution in [0.25, 0.3) is 0 Å². The molecule has 0 aliphatic heterocycles. The number of quaternary nitrogens is 1. The minimum atomic E-state index is -1.33. The van der Waals surface area contributed by atoms with Crippen LogP contribution in [0.5, 0.6) is 5.75 Å². The van der Waals surface area contributed by atoms with Crippen LogP contribution >= 0.6 is 0 Å². The molecule has 0 heterocycles. The SMILES string of the molecule is CCOc1ccc(C(=O)CC[NH2+][C@H](C(=O)[O-])[C@@H](C)O)cc1. The molecule has 3 N–H and O–H groups in total. The number of Topliss-reactive ketones (excluding diaryl/α,β-unsaturated/α-hetero) is 1. The molecular weight excluding hydrogens is 274 g/mol. The number of carboxylic acid groups (broad SMARTS) is 1. The van der Waals surface area contributed by atoms with Gasteiger partial charge in [-0.25, -0.2) is 0 Å². The number of nitrogens with two attached hydrogens (primary N) is 1. The molecule has 0 amide bonds. The number of aliphatic carboxylic acids is 1. The van der Waals surface area contributed by atoms with Crippen molar-refractivity contribution in [2.24, 2.45) is 0 Å². The highest BCUT2D eigenvalue weighted by atomic mass is 16.5. The lowest BCUT2D eigenvalue weighted by atomic mass is 10.1. The van der Waals surface area contributed by atoms with E-state index in [0.29, 0.717) is 17.9 Å². The van der Waals surface area contributed by atoms with Crippen LogP contribution in [0, 0.1) is 0 Å². The van der Waals surface area contributed by atoms with Gasteiger partial charge in [-0.15, -0.1) is 0 Å². The van der Waals surface area contributed by atoms with E-state index >= 15 is 0 Å². The van der Waals surface area contributed by atoms with E-state index in [1.165, 1.54) is 12.2 Å². The van der Waals surface area contributed by atoms with Crippen LogP contribution in [0.4, 0.5) is 0 Å². The van der Waals surface area contributed by atoms with Crippen LogP contribution in [0.1, 0.15) is 30.6 Å². The van der Waals surface area contributed by atoms with Gasteiger partial charge in [0.1, 0.15) is 17.8 Å². The van der Waals surface area contributed by atoms with Crippen LogP contribution < -0.4 is 15.2 Å². The van der Waals surface area contributed by atoms with Gasteiger partial charge in [0, 0.05) is 5.56 Å². The topological polar surface area (TPSA) is 103 Å². The molecule has 0 unspecified atom stereocenters. The molecule has 1 rings (SSSR count). The first-order chi connectivity index (χ1) is 9.95. The van der Waals surface area contributed by atoms with Crippen molar-refractivity contribution in [1.29, 1.82) is 0 Å². The molecule has 6 heteroatoms. The maximum Gasteiger partial charge on any atom is 0.168 e. The lowest BCUT2D eigenvalue weighted by Gasteiger charge is -2.18. The van der Waals surface area contributed by atoms with Crippen molar-refractivity contribution >= 4 is 11.8 Å². The van der Waals surface area contributed by atoms with Gasteiger partial charge in [0.25, 0.3) is 0 Å². The van der Waals surface area contributed by atoms with Gasteiger partial charge in [0.2, 0.25) is 0 Å². The number of aliphatic hydroxyl groups is 1. The Bertz CT molecular complexity index is 469. The summed E-state index contributed by atoms with van der Waals surface area (Å²) in [5, 5.41) is 21.5. The molecule has 0 saturated heterocycles. The largest absolute Gasteiger partial charge is 0.544 e. The maximum atomic E-state index is 11.9. The summed E-state index contributed by atoms with van der Waals surface area (Å²) in [4.78, 5) is 22.7. The standard InChI is InChI=1S/C15H21NO5/c1-3-21-12-6-4-11(5-7-12)13(18)8-9-16-14(10(2)17)15(19)20/h4-7,10,14,16-17H,3,8-9H2,1-2H3,(H,19,20)/t10-,14+/m1/s1. The molecule has 1 aromatic rings. The second-order valence-corrected chi connectivity index (χ2v) is 4.74. The average Bonchev–Trinajstić information content (AvgIpc) is 2.43. The van der Waals surface area contributed by atoms with Crippen molar-refractivity contribution in [2.45, 2.75) is 32.4 Å². The highest BCUT2D eigenvalue weighted by Crippen LogP contribution is 2.13. The lowest BCUT2D eigenvalue weighted by Crippen LogP contribution is -2.95. The molecule has 1 aromatic carbocycles. The summed E-state index contributed by atoms with van der Waals surface area (Å²) in [5.41, 5.74) is 0.550. The molecule has 0 aliphatic carbocycles. The summed E-state index contributed by atoms with van der Waals surface area (Å²) >= 11 is 0. The van der Waals surface area contributed by atoms with E-state index in [2.05, 4.69) is 0 Å². The van der Waals surface area contributed by atoms with Crippen molar-refractivity contribution in [3.8, 4) is 5.75 Å². The minimum Gasteiger partial charge on any atom is -0.544 e. The number of carboxylic acids is 1. The first-order valence-electron chi connectivity index (χ1n) is 6.94. The third kappa shape index (κ3) is 5.53. The van der Waals surface area contributed by atoms with Gasteiger partial charge in [-0.3, -0.25) is 4.79 Å². The molecule has 0 fully saturated rings. The van der Waals surface area contributed by atoms with E-state index in [-0.39, 0.29) is 18.7 Å². The molecule has 0 aromatic heterocycles. The molecule has 2 atom stereocenters. The van der Waals surface area contributed by atoms with Gasteiger partial charge < -0.3 is 25.1 Å². The number of hydrogen-bond acceptors (Lipinski definition) is 5. The average molecular weight is 295 g/mol. The highest BCUT2D eigenvalue weighted by molar-refractivity contribution is 5.96. The molecule has 0 aliphatic rings. The highest BCUT2D eigenvalue weighted by Gasteiger charge is 2.19. The number of hydrogen-bond donors (Lipinski definition) is 2. The number of rotatable bonds is 9. The molecule has 0 spiro atoms. The van der Waals surface area contributed by atoms with Crippen molar-refractivity contribution in [1.82, 2.24) is 0 Å². The second kappa shape index (κ2) is 8.39. The van der Waals surface area contributed by atoms with Crippen LogP contribution in [0.15, 0.2) is 24.3 Å². The van der Waals surface area contributed by atoms with Crippen LogP contribution in [-0.2, 0) is 4.79 Å². The van der Waals surface area contributed by atoms with Crippen LogP contribution in [0.2, 0.25) is 0 Å².